The molecule has 0 spiro atoms. The third-order valence-corrected chi connectivity index (χ3v) is 5.57. The van der Waals surface area contributed by atoms with E-state index in [0.717, 1.165) is 19.4 Å². The lowest BCUT2D eigenvalue weighted by molar-refractivity contribution is 0.421. The van der Waals surface area contributed by atoms with Crippen molar-refractivity contribution in [3.8, 4) is 0 Å². The maximum absolute atomic E-state index is 3.77. The first-order valence-corrected chi connectivity index (χ1v) is 9.43. The molecule has 1 heterocycles. The average molecular weight is 366 g/mol. The van der Waals surface area contributed by atoms with Gasteiger partial charge in [0, 0.05) is 20.8 Å². The van der Waals surface area contributed by atoms with Crippen LogP contribution in [0, 0.1) is 0 Å². The van der Waals surface area contributed by atoms with Crippen molar-refractivity contribution in [3.05, 3.63) is 56.7 Å². The molecule has 0 fully saturated rings. The molecule has 0 amide bonds. The molecule has 0 radical (unpaired) electrons. The van der Waals surface area contributed by atoms with Crippen molar-refractivity contribution in [2.24, 2.45) is 0 Å². The molecule has 1 aromatic heterocycles. The molecule has 1 N–H and O–H groups in total. The molecule has 0 aliphatic heterocycles. The van der Waals surface area contributed by atoms with Gasteiger partial charge in [-0.2, -0.15) is 0 Å². The Hall–Kier alpha value is -0.640. The lowest BCUT2D eigenvalue weighted by Gasteiger charge is -2.27. The summed E-state index contributed by atoms with van der Waals surface area (Å²) in [6, 6.07) is 13.7. The summed E-state index contributed by atoms with van der Waals surface area (Å²) in [5, 5.41) is 5.94. The van der Waals surface area contributed by atoms with E-state index in [9.17, 15) is 0 Å². The summed E-state index contributed by atoms with van der Waals surface area (Å²) >= 11 is 5.41. The van der Waals surface area contributed by atoms with Crippen LogP contribution in [0.1, 0.15) is 43.0 Å². The van der Waals surface area contributed by atoms with Gasteiger partial charge in [0.2, 0.25) is 0 Å². The van der Waals surface area contributed by atoms with Gasteiger partial charge >= 0.3 is 0 Å². The number of thiophene rings is 1. The first-order chi connectivity index (χ1) is 10.2. The Balaban J connectivity index is 2.16. The molecule has 21 heavy (non-hydrogen) atoms. The first-order valence-electron chi connectivity index (χ1n) is 7.75. The van der Waals surface area contributed by atoms with Crippen LogP contribution in [0.4, 0.5) is 0 Å². The zero-order valence-electron chi connectivity index (χ0n) is 12.8. The Labute approximate surface area is 140 Å². The molecule has 0 saturated carbocycles. The molecule has 0 saturated heterocycles. The van der Waals surface area contributed by atoms with Gasteiger partial charge in [-0.05, 0) is 59.3 Å². The second kappa shape index (κ2) is 8.72. The molecule has 2 atom stereocenters. The Bertz CT molecular complexity index is 523. The number of benzene rings is 1. The van der Waals surface area contributed by atoms with Gasteiger partial charge in [-0.3, -0.25) is 0 Å². The molecule has 1 aromatic carbocycles. The summed E-state index contributed by atoms with van der Waals surface area (Å²) < 4.78 is 1.20. The Morgan fingerprint density at radius 3 is 2.52 bits per heavy atom. The molecule has 2 unspecified atom stereocenters. The predicted octanol–water partition coefficient (Wildman–Crippen LogP) is 5.62. The van der Waals surface area contributed by atoms with E-state index in [1.54, 1.807) is 0 Å². The summed E-state index contributed by atoms with van der Waals surface area (Å²) in [7, 11) is 0. The van der Waals surface area contributed by atoms with Crippen LogP contribution in [0.2, 0.25) is 0 Å². The van der Waals surface area contributed by atoms with E-state index in [0.29, 0.717) is 12.0 Å². The van der Waals surface area contributed by atoms with Gasteiger partial charge in [-0.25, -0.2) is 0 Å². The minimum atomic E-state index is 0.503. The van der Waals surface area contributed by atoms with Gasteiger partial charge in [0.1, 0.15) is 0 Å². The van der Waals surface area contributed by atoms with Crippen LogP contribution in [0.15, 0.2) is 46.3 Å². The smallest absolute Gasteiger partial charge is 0.0285 e. The highest BCUT2D eigenvalue weighted by Gasteiger charge is 2.22. The highest BCUT2D eigenvalue weighted by molar-refractivity contribution is 9.10. The monoisotopic (exact) mass is 365 g/mol. The zero-order chi connectivity index (χ0) is 15.1. The van der Waals surface area contributed by atoms with E-state index in [2.05, 4.69) is 76.9 Å². The maximum atomic E-state index is 3.77. The fourth-order valence-corrected chi connectivity index (χ4v) is 4.33. The van der Waals surface area contributed by atoms with Crippen LogP contribution >= 0.6 is 27.3 Å². The number of rotatable bonds is 8. The van der Waals surface area contributed by atoms with E-state index < -0.39 is 0 Å². The maximum Gasteiger partial charge on any atom is 0.0285 e. The summed E-state index contributed by atoms with van der Waals surface area (Å²) in [5.74, 6) is 0.568. The van der Waals surface area contributed by atoms with Gasteiger partial charge in [0.15, 0.2) is 0 Å². The molecular weight excluding hydrogens is 342 g/mol. The second-order valence-electron chi connectivity index (χ2n) is 5.42. The normalized spacial score (nSPS) is 14.0. The van der Waals surface area contributed by atoms with Crippen molar-refractivity contribution >= 4 is 27.3 Å². The minimum absolute atomic E-state index is 0.503. The van der Waals surface area contributed by atoms with Crippen molar-refractivity contribution in [2.75, 3.05) is 6.54 Å². The summed E-state index contributed by atoms with van der Waals surface area (Å²) in [6.45, 7) is 5.61. The fourth-order valence-electron chi connectivity index (χ4n) is 2.82. The van der Waals surface area contributed by atoms with Crippen LogP contribution in [-0.2, 0) is 6.42 Å². The molecule has 1 nitrogen and oxygen atoms in total. The standard InChI is InChI=1S/C18H24BrNS/c1-3-10-20-18(12-16-11-15(19)13-21-16)17(4-2)14-8-6-5-7-9-14/h5-9,11,13,17-18,20H,3-4,10,12H2,1-2H3. The molecule has 3 heteroatoms. The molecule has 0 aliphatic carbocycles. The minimum Gasteiger partial charge on any atom is -0.313 e. The SMILES string of the molecule is CCCNC(Cc1cc(Br)cs1)C(CC)c1ccccc1. The third-order valence-electron chi connectivity index (χ3n) is 3.85. The van der Waals surface area contributed by atoms with Crippen LogP contribution in [0.5, 0.6) is 0 Å². The molecule has 0 bridgehead atoms. The van der Waals surface area contributed by atoms with Crippen molar-refractivity contribution in [3.63, 3.8) is 0 Å². The van der Waals surface area contributed by atoms with Gasteiger partial charge in [0.05, 0.1) is 0 Å². The molecule has 0 aliphatic rings. The van der Waals surface area contributed by atoms with Crippen molar-refractivity contribution < 1.29 is 0 Å². The number of nitrogens with one attached hydrogen (secondary N) is 1. The quantitative estimate of drug-likeness (QED) is 0.640. The largest absolute Gasteiger partial charge is 0.313 e. The van der Waals surface area contributed by atoms with E-state index in [4.69, 9.17) is 0 Å². The van der Waals surface area contributed by atoms with E-state index in [1.165, 1.54) is 21.3 Å². The van der Waals surface area contributed by atoms with Crippen molar-refractivity contribution in [1.29, 1.82) is 0 Å². The number of hydrogen-bond donors (Lipinski definition) is 1. The van der Waals surface area contributed by atoms with Crippen molar-refractivity contribution in [2.45, 2.75) is 45.1 Å². The third kappa shape index (κ3) is 4.94. The van der Waals surface area contributed by atoms with Gasteiger partial charge < -0.3 is 5.32 Å². The average Bonchev–Trinajstić information content (AvgIpc) is 2.91. The van der Waals surface area contributed by atoms with E-state index >= 15 is 0 Å². The van der Waals surface area contributed by atoms with Crippen LogP contribution < -0.4 is 5.32 Å². The Morgan fingerprint density at radius 2 is 1.95 bits per heavy atom. The first kappa shape index (κ1) is 16.7. The topological polar surface area (TPSA) is 12.0 Å². The highest BCUT2D eigenvalue weighted by Crippen LogP contribution is 2.28. The Kier molecular flexibility index (Phi) is 6.94. The summed E-state index contributed by atoms with van der Waals surface area (Å²) in [5.41, 5.74) is 1.45. The summed E-state index contributed by atoms with van der Waals surface area (Å²) in [6.07, 6.45) is 3.44. The van der Waals surface area contributed by atoms with Gasteiger partial charge in [-0.1, -0.05) is 44.2 Å². The molecular formula is C18H24BrNS. The van der Waals surface area contributed by atoms with Gasteiger partial charge in [0.25, 0.3) is 0 Å². The fraction of sp³-hybridized carbons (Fsp3) is 0.444. The summed E-state index contributed by atoms with van der Waals surface area (Å²) in [4.78, 5) is 1.45. The van der Waals surface area contributed by atoms with Crippen LogP contribution in [0.3, 0.4) is 0 Å². The number of hydrogen-bond acceptors (Lipinski definition) is 2. The number of halogens is 1. The highest BCUT2D eigenvalue weighted by atomic mass is 79.9. The lowest BCUT2D eigenvalue weighted by atomic mass is 9.87. The van der Waals surface area contributed by atoms with E-state index in [1.807, 2.05) is 11.3 Å². The predicted molar refractivity (Wildman–Crippen MR) is 97.3 cm³/mol. The van der Waals surface area contributed by atoms with Crippen LogP contribution in [-0.4, -0.2) is 12.6 Å². The van der Waals surface area contributed by atoms with Gasteiger partial charge in [-0.15, -0.1) is 11.3 Å². The zero-order valence-corrected chi connectivity index (χ0v) is 15.2. The molecule has 114 valence electrons. The van der Waals surface area contributed by atoms with E-state index in [-0.39, 0.29) is 0 Å². The molecule has 2 aromatic rings. The molecule has 2 rings (SSSR count). The lowest BCUT2D eigenvalue weighted by Crippen LogP contribution is -2.37. The second-order valence-corrected chi connectivity index (χ2v) is 7.33. The van der Waals surface area contributed by atoms with Crippen molar-refractivity contribution in [1.82, 2.24) is 5.32 Å². The Morgan fingerprint density at radius 1 is 1.19 bits per heavy atom. The van der Waals surface area contributed by atoms with Crippen LogP contribution in [0.25, 0.3) is 0 Å².